The Hall–Kier alpha value is -14.4. The maximum Gasteiger partial charge on any atom is 0.253 e. The van der Waals surface area contributed by atoms with Crippen molar-refractivity contribution in [2.45, 2.75) is 246 Å². The van der Waals surface area contributed by atoms with Crippen molar-refractivity contribution in [1.29, 1.82) is 0 Å². The monoisotopic (exact) mass is 2000 g/mol. The van der Waals surface area contributed by atoms with E-state index < -0.39 is 0 Å². The Kier molecular flexibility index (Phi) is 40.7. The van der Waals surface area contributed by atoms with Crippen LogP contribution < -0.4 is 60.3 Å². The summed E-state index contributed by atoms with van der Waals surface area (Å²) in [5.74, 6) is 6.38. The number of rotatable bonds is 33. The molecule has 6 amide bonds. The van der Waals surface area contributed by atoms with Crippen LogP contribution in [0.4, 0.5) is 17.6 Å². The van der Waals surface area contributed by atoms with E-state index in [4.69, 9.17) is 28.4 Å². The summed E-state index contributed by atoms with van der Waals surface area (Å²) in [6.45, 7) is 14.7. The van der Waals surface area contributed by atoms with Crippen LogP contribution in [0.25, 0.3) is 0 Å². The van der Waals surface area contributed by atoms with Crippen molar-refractivity contribution in [3.63, 3.8) is 0 Å². The minimum absolute atomic E-state index is 0.00409. The first-order valence-corrected chi connectivity index (χ1v) is 51.7. The molecule has 7 fully saturated rings. The van der Waals surface area contributed by atoms with Gasteiger partial charge in [0.2, 0.25) is 0 Å². The summed E-state index contributed by atoms with van der Waals surface area (Å²) in [7, 11) is 0. The number of pyridine rings is 6. The third-order valence-corrected chi connectivity index (χ3v) is 28.0. The van der Waals surface area contributed by atoms with Crippen LogP contribution in [0.2, 0.25) is 0 Å². The maximum atomic E-state index is 13.1. The van der Waals surface area contributed by atoms with Crippen molar-refractivity contribution in [2.75, 3.05) is 6.54 Å². The molecular formula is C119H136F4N12O12. The zero-order chi connectivity index (χ0) is 103. The maximum absolute atomic E-state index is 13.1. The van der Waals surface area contributed by atoms with Gasteiger partial charge in [-0.1, -0.05) is 139 Å². The first kappa shape index (κ1) is 108. The number of benzene rings is 6. The topological polar surface area (TPSA) is 307 Å². The molecule has 4 bridgehead atoms. The summed E-state index contributed by atoms with van der Waals surface area (Å²) >= 11 is 0. The van der Waals surface area contributed by atoms with Gasteiger partial charge >= 0.3 is 0 Å². The second-order valence-electron chi connectivity index (χ2n) is 40.4. The van der Waals surface area contributed by atoms with Gasteiger partial charge in [-0.05, 0) is 290 Å². The molecule has 24 nitrogen and oxygen atoms in total. The number of hydrogen-bond acceptors (Lipinski definition) is 18. The van der Waals surface area contributed by atoms with Crippen molar-refractivity contribution >= 4 is 35.4 Å². The first-order chi connectivity index (χ1) is 71.2. The molecule has 147 heavy (non-hydrogen) atoms. The van der Waals surface area contributed by atoms with Crippen LogP contribution >= 0.6 is 0 Å². The van der Waals surface area contributed by atoms with Gasteiger partial charge in [-0.15, -0.1) is 0 Å². The fraction of sp³-hybridized carbons (Fsp3) is 0.395. The van der Waals surface area contributed by atoms with E-state index in [1.165, 1.54) is 177 Å². The molecule has 6 unspecified atom stereocenters. The summed E-state index contributed by atoms with van der Waals surface area (Å²) in [5, 5.41) is 18.5. The minimum atomic E-state index is -0.346. The van der Waals surface area contributed by atoms with E-state index in [0.29, 0.717) is 141 Å². The SMILES string of the molecule is CC(C)(C)CNC(=O)c1ccc(COc2cccc(F)c2)nc1.C[C@@H](NC(=O)c1ccc(COc2cccc(F)c2)nc1)C1CCC1.C[C@@H](NC(=O)c1ccc(COc2cccc(F)c2)nc1)C1CCCCC1.C[C@@H](NC(=O)c1ccc(COc2ccccc2)nc1)C1CCCCC1.O=C(NC1CC2CCC1C2)c1ccc(COc2cccc(F)c2)nc1.O=C(NC1CC2CCC1C2)c1ccc(COc2ccccc2)nc1. The molecule has 0 aliphatic heterocycles. The van der Waals surface area contributed by atoms with Gasteiger partial charge in [0.05, 0.1) is 67.5 Å². The fourth-order valence-corrected chi connectivity index (χ4v) is 19.3. The number of aromatic nitrogens is 6. The molecule has 0 saturated heterocycles. The Balaban J connectivity index is 0.000000139. The molecule has 772 valence electrons. The van der Waals surface area contributed by atoms with Gasteiger partial charge in [-0.2, -0.15) is 0 Å². The molecule has 6 aromatic heterocycles. The Morgan fingerprint density at radius 2 is 0.551 bits per heavy atom. The van der Waals surface area contributed by atoms with E-state index >= 15 is 0 Å². The Labute approximate surface area is 859 Å². The summed E-state index contributed by atoms with van der Waals surface area (Å²) < 4.78 is 85.7. The molecule has 6 N–H and O–H groups in total. The van der Waals surface area contributed by atoms with Gasteiger partial charge in [0.25, 0.3) is 35.4 Å². The van der Waals surface area contributed by atoms with Crippen LogP contribution in [0, 0.1) is 70.1 Å². The molecule has 7 aliphatic carbocycles. The lowest BCUT2D eigenvalue weighted by atomic mass is 9.80. The van der Waals surface area contributed by atoms with Crippen molar-refractivity contribution < 1.29 is 74.8 Å². The lowest BCUT2D eigenvalue weighted by Gasteiger charge is -2.31. The molecule has 0 spiro atoms. The van der Waals surface area contributed by atoms with Crippen LogP contribution in [-0.2, 0) is 39.6 Å². The molecule has 9 atom stereocenters. The highest BCUT2D eigenvalue weighted by molar-refractivity contribution is 5.97. The summed E-state index contributed by atoms with van der Waals surface area (Å²) in [6.07, 6.45) is 35.6. The van der Waals surface area contributed by atoms with Crippen molar-refractivity contribution in [3.05, 3.63) is 359 Å². The molecule has 6 aromatic carbocycles. The number of para-hydroxylation sites is 2. The molecule has 19 rings (SSSR count). The van der Waals surface area contributed by atoms with Crippen molar-refractivity contribution in [3.8, 4) is 34.5 Å². The lowest BCUT2D eigenvalue weighted by Crippen LogP contribution is -2.40. The number of carbonyl (C=O) groups is 6. The van der Waals surface area contributed by atoms with Crippen LogP contribution in [-0.4, -0.2) is 102 Å². The average Bonchev–Trinajstić information content (AvgIpc) is 1.68. The lowest BCUT2D eigenvalue weighted by molar-refractivity contribution is 0.0902. The van der Waals surface area contributed by atoms with Crippen molar-refractivity contribution in [1.82, 2.24) is 61.8 Å². The van der Waals surface area contributed by atoms with Gasteiger partial charge in [0.15, 0.2) is 0 Å². The average molecular weight is 2000 g/mol. The van der Waals surface area contributed by atoms with Crippen LogP contribution in [0.3, 0.4) is 0 Å². The normalized spacial score (nSPS) is 18.0. The number of carbonyl (C=O) groups excluding carboxylic acids is 6. The summed E-state index contributed by atoms with van der Waals surface area (Å²) in [6, 6.07) is 65.8. The van der Waals surface area contributed by atoms with Gasteiger partial charge in [-0.3, -0.25) is 58.7 Å². The van der Waals surface area contributed by atoms with E-state index in [1.54, 1.807) is 128 Å². The first-order valence-electron chi connectivity index (χ1n) is 51.7. The fourth-order valence-electron chi connectivity index (χ4n) is 19.3. The van der Waals surface area contributed by atoms with Gasteiger partial charge < -0.3 is 60.3 Å². The van der Waals surface area contributed by atoms with E-state index in [0.717, 1.165) is 47.6 Å². The molecule has 0 radical (unpaired) electrons. The number of fused-ring (bicyclic) bond motifs is 4. The predicted octanol–water partition coefficient (Wildman–Crippen LogP) is 23.4. The molecule has 6 heterocycles. The van der Waals surface area contributed by atoms with Crippen LogP contribution in [0.15, 0.2) is 268 Å². The quantitative estimate of drug-likeness (QED) is 0.0208. The number of halogens is 4. The summed E-state index contributed by atoms with van der Waals surface area (Å²) in [5.41, 5.74) is 7.76. The number of hydrogen-bond donors (Lipinski definition) is 6. The molecule has 12 aromatic rings. The van der Waals surface area contributed by atoms with E-state index in [2.05, 4.69) is 103 Å². The molecule has 7 saturated carbocycles. The van der Waals surface area contributed by atoms with Crippen molar-refractivity contribution in [2.24, 2.45) is 46.8 Å². The molecule has 7 aliphatic rings. The molecule has 28 heteroatoms. The Morgan fingerprint density at radius 3 is 0.782 bits per heavy atom. The Bertz CT molecular complexity index is 6150. The second kappa shape index (κ2) is 55.2. The third-order valence-electron chi connectivity index (χ3n) is 28.0. The highest BCUT2D eigenvalue weighted by Crippen LogP contribution is 2.46. The number of nitrogens with one attached hydrogen (secondary N) is 6. The number of amides is 6. The van der Waals surface area contributed by atoms with Gasteiger partial charge in [0, 0.05) is 98.2 Å². The van der Waals surface area contributed by atoms with Crippen LogP contribution in [0.5, 0.6) is 34.5 Å². The number of nitrogens with zero attached hydrogens (tertiary/aromatic N) is 6. The minimum Gasteiger partial charge on any atom is -0.487 e. The number of ether oxygens (including phenoxy) is 6. The molecular weight excluding hydrogens is 1870 g/mol. The van der Waals surface area contributed by atoms with Gasteiger partial charge in [-0.25, -0.2) is 17.6 Å². The van der Waals surface area contributed by atoms with Crippen LogP contribution in [0.1, 0.15) is 273 Å². The highest BCUT2D eigenvalue weighted by atomic mass is 19.1. The smallest absolute Gasteiger partial charge is 0.253 e. The largest absolute Gasteiger partial charge is 0.487 e. The highest BCUT2D eigenvalue weighted by Gasteiger charge is 2.42. The van der Waals surface area contributed by atoms with E-state index in [9.17, 15) is 46.3 Å². The Morgan fingerprint density at radius 1 is 0.293 bits per heavy atom. The van der Waals surface area contributed by atoms with E-state index in [-0.39, 0.29) is 109 Å². The zero-order valence-corrected chi connectivity index (χ0v) is 84.7. The zero-order valence-electron chi connectivity index (χ0n) is 84.7. The standard InChI is InChI=1S/C21H25FN2O2.C21H26N2O2.C20H21FN2O2.C20H22N2O2.C19H21FN2O2.C18H21FN2O2/c1-15(16-6-3-2-4-7-16)24-21(25)17-10-11-19(23-13-17)14-26-20-9-5-8-18(22)12-20;1-16(17-8-4-2-5-9-17)23-21(24)18-12-13-19(22-14-18)15-25-20-10-6-3-7-11-20;21-16-2-1-3-18(10-16)25-12-17-7-6-15(11-22-17)20(24)23-19-9-13-4-5-14(19)8-13;23-20(22-19-11-14-6-7-15(19)10-14)16-8-9-17(21-12-16)13-24-18-4-2-1-3-5-18;1-13(14-4-2-5-14)22-19(23)15-8-9-17(21-11-15)12-24-18-7-3-6-16(20)10-18;1-18(2,3)12-21-17(22)13-7-8-15(20-10-13)11-23-16-6-4-5-14(19)9-16/h5,8-13,15-16H,2-4,6-7,14H2,1H3,(H,24,25);3,6-7,10-14,16-17H,2,4-5,8-9,15H2,1H3,(H,23,24);1-3,6-7,10-11,13-14,19H,4-5,8-9,12H2,(H,23,24);1-5,8-9,12,14-15,19H,6-7,10-11,13H2,(H,22,23);3,6-11,13-14H,2,4-5,12H2,1H3,(H,22,23);4-10H,11-12H2,1-3H3,(H,21,22)/t15-;16-;;;13-;/m11..1./s1. The van der Waals surface area contributed by atoms with E-state index in [1.807, 2.05) is 84.9 Å². The van der Waals surface area contributed by atoms with Gasteiger partial charge in [0.1, 0.15) is 97.4 Å². The predicted molar refractivity (Wildman–Crippen MR) is 556 cm³/mol. The second-order valence-corrected chi connectivity index (χ2v) is 40.4. The summed E-state index contributed by atoms with van der Waals surface area (Å²) in [4.78, 5) is 99.5. The third kappa shape index (κ3) is 35.5.